The standard InChI is InChI=1S/C18H29N3O/c1-4-15-7-9-16(10-8-15)14(2)20-18(22)13-21-11-5-6-17(12-21)19-3/h7-10,14,17,19H,4-6,11-13H2,1-3H3,(H,20,22). The number of hydrogen-bond acceptors (Lipinski definition) is 3. The molecular weight excluding hydrogens is 274 g/mol. The van der Waals surface area contributed by atoms with Gasteiger partial charge in [0.05, 0.1) is 12.6 Å². The molecule has 122 valence electrons. The van der Waals surface area contributed by atoms with Crippen LogP contribution in [0.4, 0.5) is 0 Å². The normalized spacial score (nSPS) is 20.6. The molecule has 1 aliphatic heterocycles. The van der Waals surface area contributed by atoms with Crippen LogP contribution in [-0.4, -0.2) is 43.5 Å². The maximum absolute atomic E-state index is 12.2. The third-order valence-corrected chi connectivity index (χ3v) is 4.55. The highest BCUT2D eigenvalue weighted by Gasteiger charge is 2.20. The summed E-state index contributed by atoms with van der Waals surface area (Å²) in [6.07, 6.45) is 3.41. The second-order valence-corrected chi connectivity index (χ2v) is 6.25. The Hall–Kier alpha value is -1.39. The van der Waals surface area contributed by atoms with Crippen molar-refractivity contribution in [1.82, 2.24) is 15.5 Å². The van der Waals surface area contributed by atoms with Gasteiger partial charge >= 0.3 is 0 Å². The number of carbonyl (C=O) groups is 1. The molecule has 2 N–H and O–H groups in total. The van der Waals surface area contributed by atoms with Gasteiger partial charge in [0.15, 0.2) is 0 Å². The molecule has 1 aromatic rings. The van der Waals surface area contributed by atoms with E-state index in [9.17, 15) is 4.79 Å². The molecule has 0 aliphatic carbocycles. The molecule has 4 nitrogen and oxygen atoms in total. The molecule has 2 unspecified atom stereocenters. The summed E-state index contributed by atoms with van der Waals surface area (Å²) >= 11 is 0. The van der Waals surface area contributed by atoms with Crippen LogP contribution in [0.2, 0.25) is 0 Å². The van der Waals surface area contributed by atoms with Crippen molar-refractivity contribution in [2.45, 2.75) is 45.2 Å². The SMILES string of the molecule is CCc1ccc(C(C)NC(=O)CN2CCCC(NC)C2)cc1. The van der Waals surface area contributed by atoms with Gasteiger partial charge in [0.25, 0.3) is 0 Å². The highest BCUT2D eigenvalue weighted by molar-refractivity contribution is 5.78. The van der Waals surface area contributed by atoms with E-state index >= 15 is 0 Å². The quantitative estimate of drug-likeness (QED) is 0.846. The summed E-state index contributed by atoms with van der Waals surface area (Å²) in [4.78, 5) is 14.5. The summed E-state index contributed by atoms with van der Waals surface area (Å²) in [6.45, 7) is 6.67. The van der Waals surface area contributed by atoms with E-state index < -0.39 is 0 Å². The molecule has 4 heteroatoms. The fourth-order valence-electron chi connectivity index (χ4n) is 3.05. The van der Waals surface area contributed by atoms with Gasteiger partial charge in [-0.1, -0.05) is 31.2 Å². The number of nitrogens with one attached hydrogen (secondary N) is 2. The zero-order valence-electron chi connectivity index (χ0n) is 14.1. The monoisotopic (exact) mass is 303 g/mol. The lowest BCUT2D eigenvalue weighted by molar-refractivity contribution is -0.123. The Morgan fingerprint density at radius 2 is 2.09 bits per heavy atom. The van der Waals surface area contributed by atoms with E-state index in [1.807, 2.05) is 14.0 Å². The topological polar surface area (TPSA) is 44.4 Å². The Labute approximate surface area is 134 Å². The zero-order chi connectivity index (χ0) is 15.9. The molecule has 1 aliphatic rings. The molecule has 22 heavy (non-hydrogen) atoms. The van der Waals surface area contributed by atoms with Crippen LogP contribution in [0.15, 0.2) is 24.3 Å². The van der Waals surface area contributed by atoms with Gasteiger partial charge in [0.2, 0.25) is 5.91 Å². The number of likely N-dealkylation sites (N-methyl/N-ethyl adjacent to an activating group) is 1. The predicted octanol–water partition coefficient (Wildman–Crippen LogP) is 2.11. The van der Waals surface area contributed by atoms with E-state index in [2.05, 4.69) is 46.7 Å². The molecule has 1 amide bonds. The Morgan fingerprint density at radius 3 is 2.73 bits per heavy atom. The first-order valence-electron chi connectivity index (χ1n) is 8.40. The molecule has 0 aromatic heterocycles. The van der Waals surface area contributed by atoms with E-state index in [-0.39, 0.29) is 11.9 Å². The Morgan fingerprint density at radius 1 is 1.36 bits per heavy atom. The van der Waals surface area contributed by atoms with E-state index in [0.29, 0.717) is 12.6 Å². The molecule has 1 aromatic carbocycles. The van der Waals surface area contributed by atoms with Crippen molar-refractivity contribution < 1.29 is 4.79 Å². The van der Waals surface area contributed by atoms with Crippen molar-refractivity contribution in [3.63, 3.8) is 0 Å². The van der Waals surface area contributed by atoms with Crippen LogP contribution in [0.3, 0.4) is 0 Å². The van der Waals surface area contributed by atoms with Crippen LogP contribution in [-0.2, 0) is 11.2 Å². The average molecular weight is 303 g/mol. The second-order valence-electron chi connectivity index (χ2n) is 6.25. The highest BCUT2D eigenvalue weighted by atomic mass is 16.2. The number of piperidine rings is 1. The number of aryl methyl sites for hydroxylation is 1. The van der Waals surface area contributed by atoms with E-state index in [1.165, 1.54) is 12.0 Å². The summed E-state index contributed by atoms with van der Waals surface area (Å²) in [6, 6.07) is 9.08. The molecule has 1 heterocycles. The van der Waals surface area contributed by atoms with Crippen LogP contribution in [0.1, 0.15) is 43.9 Å². The number of amides is 1. The third-order valence-electron chi connectivity index (χ3n) is 4.55. The van der Waals surface area contributed by atoms with Crippen LogP contribution in [0, 0.1) is 0 Å². The first kappa shape index (κ1) is 17.0. The average Bonchev–Trinajstić information content (AvgIpc) is 2.55. The lowest BCUT2D eigenvalue weighted by Crippen LogP contribution is -2.48. The molecule has 0 saturated carbocycles. The summed E-state index contributed by atoms with van der Waals surface area (Å²) in [5, 5.41) is 6.42. The molecule has 0 bridgehead atoms. The van der Waals surface area contributed by atoms with Gasteiger partial charge in [-0.15, -0.1) is 0 Å². The van der Waals surface area contributed by atoms with E-state index in [0.717, 1.165) is 31.5 Å². The van der Waals surface area contributed by atoms with Crippen LogP contribution in [0.5, 0.6) is 0 Å². The van der Waals surface area contributed by atoms with Gasteiger partial charge in [0, 0.05) is 12.6 Å². The largest absolute Gasteiger partial charge is 0.348 e. The molecule has 0 radical (unpaired) electrons. The smallest absolute Gasteiger partial charge is 0.234 e. The molecule has 0 spiro atoms. The van der Waals surface area contributed by atoms with E-state index in [1.54, 1.807) is 0 Å². The number of benzene rings is 1. The first-order valence-corrected chi connectivity index (χ1v) is 8.40. The maximum Gasteiger partial charge on any atom is 0.234 e. The summed E-state index contributed by atoms with van der Waals surface area (Å²) in [7, 11) is 2.00. The number of rotatable bonds is 6. The predicted molar refractivity (Wildman–Crippen MR) is 90.9 cm³/mol. The zero-order valence-corrected chi connectivity index (χ0v) is 14.1. The fourth-order valence-corrected chi connectivity index (χ4v) is 3.05. The minimum absolute atomic E-state index is 0.0586. The van der Waals surface area contributed by atoms with Crippen molar-refractivity contribution in [1.29, 1.82) is 0 Å². The van der Waals surface area contributed by atoms with Crippen molar-refractivity contribution in [2.24, 2.45) is 0 Å². The van der Waals surface area contributed by atoms with Gasteiger partial charge < -0.3 is 10.6 Å². The summed E-state index contributed by atoms with van der Waals surface area (Å²) in [5.74, 6) is 0.115. The second kappa shape index (κ2) is 8.30. The van der Waals surface area contributed by atoms with Crippen LogP contribution >= 0.6 is 0 Å². The fraction of sp³-hybridized carbons (Fsp3) is 0.611. The Bertz CT molecular complexity index is 472. The number of likely N-dealkylation sites (tertiary alicyclic amines) is 1. The molecule has 1 saturated heterocycles. The van der Waals surface area contributed by atoms with Crippen molar-refractivity contribution in [3.05, 3.63) is 35.4 Å². The summed E-state index contributed by atoms with van der Waals surface area (Å²) in [5.41, 5.74) is 2.49. The van der Waals surface area contributed by atoms with E-state index in [4.69, 9.17) is 0 Å². The van der Waals surface area contributed by atoms with Crippen LogP contribution < -0.4 is 10.6 Å². The minimum Gasteiger partial charge on any atom is -0.348 e. The molecular formula is C18H29N3O. The lowest BCUT2D eigenvalue weighted by Gasteiger charge is -2.32. The highest BCUT2D eigenvalue weighted by Crippen LogP contribution is 2.14. The number of hydrogen-bond donors (Lipinski definition) is 2. The Balaban J connectivity index is 1.82. The third kappa shape index (κ3) is 4.82. The number of carbonyl (C=O) groups excluding carboxylic acids is 1. The lowest BCUT2D eigenvalue weighted by atomic mass is 10.0. The van der Waals surface area contributed by atoms with Crippen molar-refractivity contribution in [3.8, 4) is 0 Å². The maximum atomic E-state index is 12.2. The molecule has 2 rings (SSSR count). The van der Waals surface area contributed by atoms with Crippen LogP contribution in [0.25, 0.3) is 0 Å². The minimum atomic E-state index is 0.0586. The first-order chi connectivity index (χ1) is 10.6. The van der Waals surface area contributed by atoms with Crippen molar-refractivity contribution in [2.75, 3.05) is 26.7 Å². The van der Waals surface area contributed by atoms with Gasteiger partial charge in [0.1, 0.15) is 0 Å². The van der Waals surface area contributed by atoms with Gasteiger partial charge in [-0.2, -0.15) is 0 Å². The molecule has 2 atom stereocenters. The number of nitrogens with zero attached hydrogens (tertiary/aromatic N) is 1. The van der Waals surface area contributed by atoms with Gasteiger partial charge in [-0.3, -0.25) is 9.69 Å². The summed E-state index contributed by atoms with van der Waals surface area (Å²) < 4.78 is 0. The van der Waals surface area contributed by atoms with Gasteiger partial charge in [-0.05, 0) is 50.9 Å². The van der Waals surface area contributed by atoms with Crippen molar-refractivity contribution >= 4 is 5.91 Å². The Kier molecular flexibility index (Phi) is 6.40. The molecule has 1 fully saturated rings. The van der Waals surface area contributed by atoms with Gasteiger partial charge in [-0.25, -0.2) is 0 Å².